The zero-order valence-electron chi connectivity index (χ0n) is 13.6. The van der Waals surface area contributed by atoms with E-state index in [1.807, 2.05) is 6.07 Å². The molecule has 0 aliphatic carbocycles. The van der Waals surface area contributed by atoms with E-state index in [-0.39, 0.29) is 15.5 Å². The molecule has 126 valence electrons. The lowest BCUT2D eigenvalue weighted by molar-refractivity contribution is 0.405. The highest BCUT2D eigenvalue weighted by Crippen LogP contribution is 2.36. The fourth-order valence-electron chi connectivity index (χ4n) is 2.49. The summed E-state index contributed by atoms with van der Waals surface area (Å²) in [4.78, 5) is 4.25. The van der Waals surface area contributed by atoms with Crippen molar-refractivity contribution in [1.82, 2.24) is 4.98 Å². The maximum Gasteiger partial charge on any atom is 0.211 e. The van der Waals surface area contributed by atoms with Gasteiger partial charge in [-0.05, 0) is 42.5 Å². The van der Waals surface area contributed by atoms with Gasteiger partial charge in [0.1, 0.15) is 16.4 Å². The van der Waals surface area contributed by atoms with Gasteiger partial charge >= 0.3 is 0 Å². The van der Waals surface area contributed by atoms with Crippen LogP contribution in [0.15, 0.2) is 58.5 Å². The van der Waals surface area contributed by atoms with Gasteiger partial charge in [-0.2, -0.15) is 5.26 Å². The number of nitrogens with zero attached hydrogens (tertiary/aromatic N) is 2. The Morgan fingerprint density at radius 2 is 1.76 bits per heavy atom. The molecule has 6 nitrogen and oxygen atoms in total. The Balaban J connectivity index is 2.24. The number of pyridine rings is 1. The topological polar surface area (TPSA) is 89.3 Å². The molecule has 0 atom stereocenters. The number of ether oxygens (including phenoxy) is 2. The first kappa shape index (κ1) is 16.7. The minimum Gasteiger partial charge on any atom is -0.497 e. The lowest BCUT2D eigenvalue weighted by Gasteiger charge is -2.12. The van der Waals surface area contributed by atoms with Crippen LogP contribution in [0, 0.1) is 11.3 Å². The van der Waals surface area contributed by atoms with E-state index in [0.717, 1.165) is 0 Å². The molecule has 0 amide bonds. The Kier molecular flexibility index (Phi) is 4.30. The minimum atomic E-state index is -3.86. The Morgan fingerprint density at radius 3 is 2.36 bits per heavy atom. The van der Waals surface area contributed by atoms with Crippen LogP contribution in [-0.4, -0.2) is 27.6 Å². The van der Waals surface area contributed by atoms with E-state index in [1.165, 1.54) is 44.7 Å². The van der Waals surface area contributed by atoms with E-state index >= 15 is 0 Å². The van der Waals surface area contributed by atoms with E-state index < -0.39 is 9.84 Å². The van der Waals surface area contributed by atoms with Crippen molar-refractivity contribution < 1.29 is 17.9 Å². The van der Waals surface area contributed by atoms with Crippen LogP contribution in [0.3, 0.4) is 0 Å². The van der Waals surface area contributed by atoms with Gasteiger partial charge in [-0.3, -0.25) is 4.98 Å². The minimum absolute atomic E-state index is 0.0412. The lowest BCUT2D eigenvalue weighted by Crippen LogP contribution is -2.06. The van der Waals surface area contributed by atoms with E-state index in [9.17, 15) is 8.42 Å². The average molecular weight is 354 g/mol. The third-order valence-electron chi connectivity index (χ3n) is 3.78. The normalized spacial score (nSPS) is 11.1. The van der Waals surface area contributed by atoms with Gasteiger partial charge in [-0.1, -0.05) is 0 Å². The lowest BCUT2D eigenvalue weighted by atomic mass is 10.2. The van der Waals surface area contributed by atoms with Crippen molar-refractivity contribution in [3.63, 3.8) is 0 Å². The Labute approximate surface area is 145 Å². The van der Waals surface area contributed by atoms with E-state index in [4.69, 9.17) is 14.7 Å². The maximum atomic E-state index is 13.0. The third-order valence-corrected chi connectivity index (χ3v) is 5.54. The summed E-state index contributed by atoms with van der Waals surface area (Å²) >= 11 is 0. The van der Waals surface area contributed by atoms with Crippen molar-refractivity contribution in [1.29, 1.82) is 5.26 Å². The van der Waals surface area contributed by atoms with Gasteiger partial charge in [0.25, 0.3) is 0 Å². The van der Waals surface area contributed by atoms with Crippen LogP contribution in [0.5, 0.6) is 11.5 Å². The summed E-state index contributed by atoms with van der Waals surface area (Å²) in [5.74, 6) is 0.772. The number of benzene rings is 2. The first-order chi connectivity index (χ1) is 12.0. The average Bonchev–Trinajstić information content (AvgIpc) is 2.66. The fourth-order valence-corrected chi connectivity index (χ4v) is 3.87. The van der Waals surface area contributed by atoms with Gasteiger partial charge in [0.05, 0.1) is 42.5 Å². The first-order valence-electron chi connectivity index (χ1n) is 7.27. The molecule has 0 fully saturated rings. The van der Waals surface area contributed by atoms with E-state index in [1.54, 1.807) is 18.2 Å². The number of rotatable bonds is 4. The molecule has 3 aromatic rings. The highest BCUT2D eigenvalue weighted by Gasteiger charge is 2.24. The highest BCUT2D eigenvalue weighted by molar-refractivity contribution is 7.91. The molecule has 0 unspecified atom stereocenters. The van der Waals surface area contributed by atoms with Gasteiger partial charge in [0.15, 0.2) is 0 Å². The standard InChI is InChI=1S/C18H14N2O4S/c1-23-13-5-8-16-15(9-13)18(24-2)17(11-20-16)25(21,22)14-6-3-12(10-19)4-7-14/h3-9,11H,1-2H3. The fraction of sp³-hybridized carbons (Fsp3) is 0.111. The maximum absolute atomic E-state index is 13.0. The molecule has 0 saturated heterocycles. The zero-order valence-corrected chi connectivity index (χ0v) is 14.4. The quantitative estimate of drug-likeness (QED) is 0.715. The van der Waals surface area contributed by atoms with Crippen molar-refractivity contribution in [3.8, 4) is 17.6 Å². The summed E-state index contributed by atoms with van der Waals surface area (Å²) in [6.07, 6.45) is 1.28. The summed E-state index contributed by atoms with van der Waals surface area (Å²) in [5, 5.41) is 9.40. The molecule has 0 aliphatic rings. The Bertz CT molecular complexity index is 1080. The molecule has 1 heterocycles. The summed E-state index contributed by atoms with van der Waals surface area (Å²) in [7, 11) is -0.920. The smallest absolute Gasteiger partial charge is 0.211 e. The van der Waals surface area contributed by atoms with Gasteiger partial charge in [-0.15, -0.1) is 0 Å². The molecule has 7 heteroatoms. The largest absolute Gasteiger partial charge is 0.497 e. The van der Waals surface area contributed by atoms with Gasteiger partial charge in [0.2, 0.25) is 9.84 Å². The first-order valence-corrected chi connectivity index (χ1v) is 8.75. The van der Waals surface area contributed by atoms with Crippen LogP contribution in [0.1, 0.15) is 5.56 Å². The molecule has 2 aromatic carbocycles. The van der Waals surface area contributed by atoms with Crippen LogP contribution < -0.4 is 9.47 Å². The van der Waals surface area contributed by atoms with Gasteiger partial charge < -0.3 is 9.47 Å². The SMILES string of the molecule is COc1ccc2ncc(S(=O)(=O)c3ccc(C#N)cc3)c(OC)c2c1. The second-order valence-electron chi connectivity index (χ2n) is 5.18. The molecule has 25 heavy (non-hydrogen) atoms. The van der Waals surface area contributed by atoms with Crippen LogP contribution in [0.4, 0.5) is 0 Å². The van der Waals surface area contributed by atoms with Gasteiger partial charge in [0, 0.05) is 5.39 Å². The van der Waals surface area contributed by atoms with Crippen molar-refractivity contribution in [2.45, 2.75) is 9.79 Å². The number of aromatic nitrogens is 1. The molecule has 0 N–H and O–H groups in total. The van der Waals surface area contributed by atoms with E-state index in [0.29, 0.717) is 22.2 Å². The summed E-state index contributed by atoms with van der Waals surface area (Å²) in [6, 6.07) is 12.8. The molecule has 1 aromatic heterocycles. The molecule has 0 spiro atoms. The van der Waals surface area contributed by atoms with Crippen LogP contribution >= 0.6 is 0 Å². The van der Waals surface area contributed by atoms with Crippen molar-refractivity contribution in [2.24, 2.45) is 0 Å². The van der Waals surface area contributed by atoms with Crippen LogP contribution in [0.25, 0.3) is 10.9 Å². The molecule has 3 rings (SSSR count). The van der Waals surface area contributed by atoms with Crippen molar-refractivity contribution in [3.05, 3.63) is 54.2 Å². The summed E-state index contributed by atoms with van der Waals surface area (Å²) in [5.41, 5.74) is 0.976. The Hall–Kier alpha value is -3.11. The molecule has 0 saturated carbocycles. The predicted molar refractivity (Wildman–Crippen MR) is 91.5 cm³/mol. The van der Waals surface area contributed by atoms with Crippen molar-refractivity contribution >= 4 is 20.7 Å². The Morgan fingerprint density at radius 1 is 1.04 bits per heavy atom. The van der Waals surface area contributed by atoms with Crippen LogP contribution in [0.2, 0.25) is 0 Å². The number of sulfone groups is 1. The second kappa shape index (κ2) is 6.42. The highest BCUT2D eigenvalue weighted by atomic mass is 32.2. The summed E-state index contributed by atoms with van der Waals surface area (Å²) < 4.78 is 36.5. The zero-order chi connectivity index (χ0) is 18.0. The summed E-state index contributed by atoms with van der Waals surface area (Å²) in [6.45, 7) is 0. The second-order valence-corrected chi connectivity index (χ2v) is 7.10. The number of nitriles is 1. The number of hydrogen-bond donors (Lipinski definition) is 0. The van der Waals surface area contributed by atoms with Crippen LogP contribution in [-0.2, 0) is 9.84 Å². The molecule has 0 radical (unpaired) electrons. The van der Waals surface area contributed by atoms with Gasteiger partial charge in [-0.25, -0.2) is 8.42 Å². The third kappa shape index (κ3) is 2.88. The number of hydrogen-bond acceptors (Lipinski definition) is 6. The molecule has 0 aliphatic heterocycles. The van der Waals surface area contributed by atoms with Crippen molar-refractivity contribution in [2.75, 3.05) is 14.2 Å². The number of fused-ring (bicyclic) bond motifs is 1. The predicted octanol–water partition coefficient (Wildman–Crippen LogP) is 2.96. The van der Waals surface area contributed by atoms with E-state index in [2.05, 4.69) is 4.98 Å². The molecular formula is C18H14N2O4S. The number of methoxy groups -OCH3 is 2. The monoisotopic (exact) mass is 354 g/mol. The molecule has 0 bridgehead atoms. The molecular weight excluding hydrogens is 340 g/mol.